The van der Waals surface area contributed by atoms with Crippen molar-refractivity contribution in [3.63, 3.8) is 0 Å². The zero-order chi connectivity index (χ0) is 30.4. The summed E-state index contributed by atoms with van der Waals surface area (Å²) in [4.78, 5) is 5.51. The fraction of sp³-hybridized carbons (Fsp3) is 0.0227. The Morgan fingerprint density at radius 2 is 1.28 bits per heavy atom. The summed E-state index contributed by atoms with van der Waals surface area (Å²) < 4.78 is 2.65. The van der Waals surface area contributed by atoms with Gasteiger partial charge in [-0.05, 0) is 91.4 Å². The number of rotatable bonds is 2. The fourth-order valence-electron chi connectivity index (χ4n) is 7.73. The van der Waals surface area contributed by atoms with Crippen LogP contribution in [0.4, 0.5) is 5.69 Å². The lowest BCUT2D eigenvalue weighted by molar-refractivity contribution is 1.05. The first-order chi connectivity index (χ1) is 22.7. The number of para-hydroxylation sites is 1. The van der Waals surface area contributed by atoms with Gasteiger partial charge >= 0.3 is 0 Å². The minimum absolute atomic E-state index is 0.0120. The van der Waals surface area contributed by atoms with Crippen molar-refractivity contribution in [3.05, 3.63) is 180 Å². The third-order valence-electron chi connectivity index (χ3n) is 9.83. The van der Waals surface area contributed by atoms with E-state index in [0.29, 0.717) is 0 Å². The van der Waals surface area contributed by atoms with Crippen molar-refractivity contribution >= 4 is 70.0 Å². The van der Waals surface area contributed by atoms with Gasteiger partial charge in [-0.3, -0.25) is 0 Å². The molecule has 10 rings (SSSR count). The maximum atomic E-state index is 5.51. The maximum Gasteiger partial charge on any atom is 0.0751 e. The Morgan fingerprint density at radius 3 is 2.20 bits per heavy atom. The summed E-state index contributed by atoms with van der Waals surface area (Å²) in [5.74, 6) is -0.0120. The Bertz CT molecular complexity index is 2670. The Balaban J connectivity index is 1.31. The molecule has 2 heterocycles. The molecule has 2 heteroatoms. The highest BCUT2D eigenvalue weighted by Crippen LogP contribution is 2.54. The highest BCUT2D eigenvalue weighted by atomic mass is 32.1. The molecule has 1 atom stereocenters. The zero-order valence-electron chi connectivity index (χ0n) is 25.0. The molecule has 1 aromatic heterocycles. The molecule has 8 aromatic rings. The zero-order valence-corrected chi connectivity index (χ0v) is 25.8. The molecule has 0 saturated heterocycles. The van der Waals surface area contributed by atoms with E-state index in [9.17, 15) is 0 Å². The van der Waals surface area contributed by atoms with E-state index in [4.69, 9.17) is 4.99 Å². The topological polar surface area (TPSA) is 12.4 Å². The highest BCUT2D eigenvalue weighted by Gasteiger charge is 2.36. The van der Waals surface area contributed by atoms with Crippen molar-refractivity contribution in [2.24, 2.45) is 4.99 Å². The lowest BCUT2D eigenvalue weighted by Gasteiger charge is -2.22. The van der Waals surface area contributed by atoms with Crippen LogP contribution in [0.3, 0.4) is 0 Å². The van der Waals surface area contributed by atoms with Crippen LogP contribution >= 0.6 is 11.3 Å². The van der Waals surface area contributed by atoms with Crippen LogP contribution in [-0.4, -0.2) is 5.71 Å². The van der Waals surface area contributed by atoms with E-state index in [1.165, 1.54) is 69.5 Å². The van der Waals surface area contributed by atoms with E-state index in [-0.39, 0.29) is 5.92 Å². The van der Waals surface area contributed by atoms with Gasteiger partial charge in [0.25, 0.3) is 0 Å². The van der Waals surface area contributed by atoms with Crippen LogP contribution in [0.2, 0.25) is 0 Å². The summed E-state index contributed by atoms with van der Waals surface area (Å²) in [6.45, 7) is 4.62. The second kappa shape index (κ2) is 9.71. The quantitative estimate of drug-likeness (QED) is 0.187. The Morgan fingerprint density at radius 1 is 0.543 bits per heavy atom. The minimum Gasteiger partial charge on any atom is -0.247 e. The Labute approximate surface area is 271 Å². The molecule has 46 heavy (non-hydrogen) atoms. The van der Waals surface area contributed by atoms with Gasteiger partial charge in [0.2, 0.25) is 0 Å². The third-order valence-corrected chi connectivity index (χ3v) is 11.0. The van der Waals surface area contributed by atoms with Crippen LogP contribution in [0.25, 0.3) is 58.4 Å². The number of allylic oxidation sites excluding steroid dienone is 3. The van der Waals surface area contributed by atoms with Gasteiger partial charge in [-0.1, -0.05) is 116 Å². The van der Waals surface area contributed by atoms with E-state index in [2.05, 4.69) is 152 Å². The molecule has 1 nitrogen and oxygen atoms in total. The van der Waals surface area contributed by atoms with E-state index in [0.717, 1.165) is 28.1 Å². The van der Waals surface area contributed by atoms with Crippen molar-refractivity contribution in [1.82, 2.24) is 0 Å². The summed E-state index contributed by atoms with van der Waals surface area (Å²) in [7, 11) is 0. The maximum absolute atomic E-state index is 5.51. The fourth-order valence-corrected chi connectivity index (χ4v) is 8.86. The molecule has 0 bridgehead atoms. The van der Waals surface area contributed by atoms with Gasteiger partial charge in [0.1, 0.15) is 0 Å². The first-order valence-corrected chi connectivity index (χ1v) is 16.6. The third kappa shape index (κ3) is 3.71. The van der Waals surface area contributed by atoms with E-state index >= 15 is 0 Å². The van der Waals surface area contributed by atoms with Crippen LogP contribution in [0, 0.1) is 0 Å². The van der Waals surface area contributed by atoms with Gasteiger partial charge in [0.05, 0.1) is 11.4 Å². The smallest absolute Gasteiger partial charge is 0.0751 e. The number of aliphatic imine (C=N–C) groups is 1. The monoisotopic (exact) mass is 601 g/mol. The van der Waals surface area contributed by atoms with Crippen LogP contribution in [0.1, 0.15) is 28.2 Å². The van der Waals surface area contributed by atoms with Gasteiger partial charge < -0.3 is 0 Å². The van der Waals surface area contributed by atoms with Gasteiger partial charge in [-0.25, -0.2) is 4.99 Å². The second-order valence-electron chi connectivity index (χ2n) is 12.4. The number of fused-ring (bicyclic) bond motifs is 10. The number of hydrogen-bond acceptors (Lipinski definition) is 2. The molecule has 0 radical (unpaired) electrons. The predicted octanol–water partition coefficient (Wildman–Crippen LogP) is 12.2. The van der Waals surface area contributed by atoms with E-state index in [1.54, 1.807) is 0 Å². The molecule has 2 aliphatic rings. The van der Waals surface area contributed by atoms with Gasteiger partial charge in [0.15, 0.2) is 0 Å². The molecule has 1 unspecified atom stereocenters. The summed E-state index contributed by atoms with van der Waals surface area (Å²) in [6, 6.07) is 50.9. The van der Waals surface area contributed by atoms with Gasteiger partial charge in [-0.15, -0.1) is 11.3 Å². The normalized spacial score (nSPS) is 15.5. The second-order valence-corrected chi connectivity index (χ2v) is 13.5. The first-order valence-electron chi connectivity index (χ1n) is 15.8. The molecule has 1 aliphatic heterocycles. The molecule has 7 aromatic carbocycles. The van der Waals surface area contributed by atoms with E-state index in [1.807, 2.05) is 11.3 Å². The molecule has 0 amide bonds. The molecule has 0 fully saturated rings. The lowest BCUT2D eigenvalue weighted by atomic mass is 9.81. The van der Waals surface area contributed by atoms with Crippen LogP contribution < -0.4 is 0 Å². The SMILES string of the molecule is C=C1C=C(C2c3cc4sc5ccccc5c4cc3-c3ccc4ccccc4c32)C(c2ccc3ccccc3c2)=Nc2ccccc21. The minimum atomic E-state index is -0.0120. The van der Waals surface area contributed by atoms with Gasteiger partial charge in [-0.2, -0.15) is 0 Å². The van der Waals surface area contributed by atoms with Crippen molar-refractivity contribution in [2.75, 3.05) is 0 Å². The lowest BCUT2D eigenvalue weighted by Crippen LogP contribution is -2.13. The van der Waals surface area contributed by atoms with Gasteiger partial charge in [0, 0.05) is 37.2 Å². The van der Waals surface area contributed by atoms with Crippen LogP contribution in [-0.2, 0) is 0 Å². The molecule has 0 N–H and O–H groups in total. The molecule has 0 spiro atoms. The average Bonchev–Trinajstić information content (AvgIpc) is 3.58. The predicted molar refractivity (Wildman–Crippen MR) is 198 cm³/mol. The summed E-state index contributed by atoms with van der Waals surface area (Å²) in [5, 5.41) is 7.64. The molecule has 214 valence electrons. The summed E-state index contributed by atoms with van der Waals surface area (Å²) >= 11 is 1.88. The van der Waals surface area contributed by atoms with Crippen LogP contribution in [0.15, 0.2) is 163 Å². The summed E-state index contributed by atoms with van der Waals surface area (Å²) in [5.41, 5.74) is 11.6. The Kier molecular flexibility index (Phi) is 5.43. The van der Waals surface area contributed by atoms with Crippen molar-refractivity contribution < 1.29 is 0 Å². The number of benzene rings is 7. The molecular formula is C44H27NS. The van der Waals surface area contributed by atoms with Crippen LogP contribution in [0.5, 0.6) is 0 Å². The van der Waals surface area contributed by atoms with Crippen molar-refractivity contribution in [3.8, 4) is 11.1 Å². The molecular weight excluding hydrogens is 575 g/mol. The standard InChI is InChI=1S/C44H27NS/c1-26-22-38(44(45-39-16-8-6-13-31(26)39)30-19-18-27-10-2-3-12-29(27)23-30)43-37-25-41-36(33-15-7-9-17-40(33)46-41)24-35(37)34-21-20-28-11-4-5-14-32(28)42(34)43/h2-25,43H,1H2. The average molecular weight is 602 g/mol. The molecule has 0 saturated carbocycles. The first kappa shape index (κ1) is 25.7. The number of nitrogens with zero attached hydrogens (tertiary/aromatic N) is 1. The number of hydrogen-bond donors (Lipinski definition) is 0. The Hall–Kier alpha value is -5.57. The largest absolute Gasteiger partial charge is 0.247 e. The van der Waals surface area contributed by atoms with E-state index < -0.39 is 0 Å². The molecule has 1 aliphatic carbocycles. The highest BCUT2D eigenvalue weighted by molar-refractivity contribution is 7.25. The van der Waals surface area contributed by atoms with Crippen molar-refractivity contribution in [1.29, 1.82) is 0 Å². The summed E-state index contributed by atoms with van der Waals surface area (Å²) in [6.07, 6.45) is 2.32. The number of thiophene rings is 1. The van der Waals surface area contributed by atoms with Crippen molar-refractivity contribution in [2.45, 2.75) is 5.92 Å².